The number of carbonyl (C=O) groups is 2. The fourth-order valence-corrected chi connectivity index (χ4v) is 5.71. The number of anilines is 1. The summed E-state index contributed by atoms with van der Waals surface area (Å²) < 4.78 is 26.7. The van der Waals surface area contributed by atoms with E-state index in [0.29, 0.717) is 17.1 Å². The van der Waals surface area contributed by atoms with Gasteiger partial charge >= 0.3 is 0 Å². The molecule has 3 rings (SSSR count). The zero-order valence-electron chi connectivity index (χ0n) is 22.9. The Bertz CT molecular complexity index is 1400. The first kappa shape index (κ1) is 30.2. The molecule has 0 unspecified atom stereocenters. The molecule has 0 aliphatic carbocycles. The summed E-state index contributed by atoms with van der Waals surface area (Å²) in [6.07, 6.45) is 1.84. The van der Waals surface area contributed by atoms with E-state index in [4.69, 9.17) is 11.6 Å². The molecule has 0 radical (unpaired) electrons. The third-order valence-electron chi connectivity index (χ3n) is 6.60. The van der Waals surface area contributed by atoms with Gasteiger partial charge in [-0.25, -0.2) is 8.42 Å². The summed E-state index contributed by atoms with van der Waals surface area (Å²) in [5, 5.41) is 3.20. The summed E-state index contributed by atoms with van der Waals surface area (Å²) in [6.45, 7) is 4.06. The minimum absolute atomic E-state index is 0.0591. The van der Waals surface area contributed by atoms with Gasteiger partial charge < -0.3 is 10.2 Å². The van der Waals surface area contributed by atoms with E-state index in [2.05, 4.69) is 5.32 Å². The number of rotatable bonds is 12. The molecule has 3 aromatic carbocycles. The highest BCUT2D eigenvalue weighted by Crippen LogP contribution is 2.25. The molecule has 3 aromatic rings. The number of nitrogens with zero attached hydrogens (tertiary/aromatic N) is 2. The molecule has 0 aliphatic heterocycles. The Balaban J connectivity index is 1.87. The average Bonchev–Trinajstić information content (AvgIpc) is 2.90. The number of amides is 2. The van der Waals surface area contributed by atoms with E-state index < -0.39 is 16.1 Å². The van der Waals surface area contributed by atoms with E-state index >= 15 is 0 Å². The van der Waals surface area contributed by atoms with Gasteiger partial charge in [-0.05, 0) is 54.7 Å². The van der Waals surface area contributed by atoms with Crippen LogP contribution in [0.5, 0.6) is 0 Å². The minimum atomic E-state index is -3.58. The molecule has 7 nitrogen and oxygen atoms in total. The van der Waals surface area contributed by atoms with Crippen molar-refractivity contribution in [3.63, 3.8) is 0 Å². The third kappa shape index (κ3) is 8.31. The maximum atomic E-state index is 13.7. The van der Waals surface area contributed by atoms with Crippen molar-refractivity contribution >= 4 is 39.1 Å². The Kier molecular flexibility index (Phi) is 10.5. The Morgan fingerprint density at radius 2 is 1.64 bits per heavy atom. The number of hydrogen-bond acceptors (Lipinski definition) is 4. The first-order valence-electron chi connectivity index (χ1n) is 12.8. The molecule has 2 amide bonds. The molecule has 1 atom stereocenters. The molecule has 0 spiro atoms. The summed E-state index contributed by atoms with van der Waals surface area (Å²) in [5.41, 5.74) is 4.02. The average molecular weight is 570 g/mol. The highest BCUT2D eigenvalue weighted by molar-refractivity contribution is 7.92. The third-order valence-corrected chi connectivity index (χ3v) is 8.15. The van der Waals surface area contributed by atoms with Crippen molar-refractivity contribution in [1.29, 1.82) is 0 Å². The van der Waals surface area contributed by atoms with Gasteiger partial charge in [0.1, 0.15) is 6.04 Å². The predicted molar refractivity (Wildman–Crippen MR) is 157 cm³/mol. The van der Waals surface area contributed by atoms with Gasteiger partial charge in [0.15, 0.2) is 0 Å². The van der Waals surface area contributed by atoms with Gasteiger partial charge in [0.05, 0.1) is 11.9 Å². The molecule has 39 heavy (non-hydrogen) atoms. The molecule has 0 aromatic heterocycles. The molecule has 208 valence electrons. The Morgan fingerprint density at radius 3 is 2.28 bits per heavy atom. The standard InChI is InChI=1S/C30H36ClN3O4S/c1-22-16-17-23(2)27(19-22)34(39(4,37)38)18-10-15-29(35)33(21-25-13-8-9-14-26(25)31)28(30(36)32-3)20-24-11-6-5-7-12-24/h5-9,11-14,16-17,19,28H,10,15,18,20-21H2,1-4H3,(H,32,36)/t28-/m1/s1. The topological polar surface area (TPSA) is 86.8 Å². The number of benzene rings is 3. The fraction of sp³-hybridized carbons (Fsp3) is 0.333. The second-order valence-corrected chi connectivity index (χ2v) is 12.0. The molecule has 0 saturated carbocycles. The lowest BCUT2D eigenvalue weighted by Crippen LogP contribution is -2.49. The van der Waals surface area contributed by atoms with Gasteiger partial charge in [-0.15, -0.1) is 0 Å². The maximum Gasteiger partial charge on any atom is 0.242 e. The van der Waals surface area contributed by atoms with Crippen molar-refractivity contribution < 1.29 is 18.0 Å². The molecule has 0 fully saturated rings. The van der Waals surface area contributed by atoms with Crippen LogP contribution in [0.25, 0.3) is 0 Å². The van der Waals surface area contributed by atoms with Crippen LogP contribution in [0.3, 0.4) is 0 Å². The van der Waals surface area contributed by atoms with Crippen LogP contribution >= 0.6 is 11.6 Å². The zero-order valence-corrected chi connectivity index (χ0v) is 24.4. The van der Waals surface area contributed by atoms with Gasteiger partial charge in [-0.2, -0.15) is 0 Å². The normalized spacial score (nSPS) is 12.0. The maximum absolute atomic E-state index is 13.7. The lowest BCUT2D eigenvalue weighted by Gasteiger charge is -2.32. The SMILES string of the molecule is CNC(=O)[C@@H](Cc1ccccc1)N(Cc1ccccc1Cl)C(=O)CCCN(c1cc(C)ccc1C)S(C)(=O)=O. The smallest absolute Gasteiger partial charge is 0.242 e. The molecule has 0 heterocycles. The summed E-state index contributed by atoms with van der Waals surface area (Å²) >= 11 is 6.43. The number of aryl methyl sites for hydroxylation is 2. The van der Waals surface area contributed by atoms with Crippen LogP contribution in [0.15, 0.2) is 72.8 Å². The summed E-state index contributed by atoms with van der Waals surface area (Å²) in [7, 11) is -2.03. The number of nitrogens with one attached hydrogen (secondary N) is 1. The van der Waals surface area contributed by atoms with E-state index in [1.54, 1.807) is 18.0 Å². The minimum Gasteiger partial charge on any atom is -0.357 e. The van der Waals surface area contributed by atoms with Crippen LogP contribution < -0.4 is 9.62 Å². The zero-order chi connectivity index (χ0) is 28.6. The number of sulfonamides is 1. The number of carbonyl (C=O) groups excluding carboxylic acids is 2. The highest BCUT2D eigenvalue weighted by atomic mass is 35.5. The van der Waals surface area contributed by atoms with Gasteiger partial charge in [0.2, 0.25) is 21.8 Å². The Hall–Kier alpha value is -3.36. The van der Waals surface area contributed by atoms with Crippen molar-refractivity contribution in [3.8, 4) is 0 Å². The van der Waals surface area contributed by atoms with Crippen LogP contribution in [-0.4, -0.2) is 51.0 Å². The summed E-state index contributed by atoms with van der Waals surface area (Å²) in [4.78, 5) is 28.4. The van der Waals surface area contributed by atoms with E-state index in [1.807, 2.05) is 80.6 Å². The van der Waals surface area contributed by atoms with Crippen LogP contribution in [0.2, 0.25) is 5.02 Å². The molecule has 1 N–H and O–H groups in total. The molecule has 9 heteroatoms. The van der Waals surface area contributed by atoms with Crippen molar-refractivity contribution in [3.05, 3.63) is 100 Å². The van der Waals surface area contributed by atoms with Crippen LogP contribution in [-0.2, 0) is 32.6 Å². The Labute approximate surface area is 236 Å². The molecule has 0 aliphatic rings. The number of hydrogen-bond donors (Lipinski definition) is 1. The van der Waals surface area contributed by atoms with Crippen molar-refractivity contribution in [2.24, 2.45) is 0 Å². The van der Waals surface area contributed by atoms with E-state index in [9.17, 15) is 18.0 Å². The second kappa shape index (κ2) is 13.6. The Morgan fingerprint density at radius 1 is 0.974 bits per heavy atom. The van der Waals surface area contributed by atoms with Crippen LogP contribution in [0.4, 0.5) is 5.69 Å². The molecule has 0 saturated heterocycles. The largest absolute Gasteiger partial charge is 0.357 e. The van der Waals surface area contributed by atoms with Gasteiger partial charge in [-0.3, -0.25) is 13.9 Å². The first-order chi connectivity index (χ1) is 18.5. The van der Waals surface area contributed by atoms with Crippen molar-refractivity contribution in [2.75, 3.05) is 24.2 Å². The lowest BCUT2D eigenvalue weighted by molar-refractivity contribution is -0.141. The molecule has 0 bridgehead atoms. The quantitative estimate of drug-likeness (QED) is 0.336. The van der Waals surface area contributed by atoms with Gasteiger partial charge in [0.25, 0.3) is 0 Å². The lowest BCUT2D eigenvalue weighted by atomic mass is 10.0. The van der Waals surface area contributed by atoms with Crippen molar-refractivity contribution in [2.45, 2.75) is 45.7 Å². The van der Waals surface area contributed by atoms with Crippen LogP contribution in [0, 0.1) is 13.8 Å². The van der Waals surface area contributed by atoms with Crippen molar-refractivity contribution in [1.82, 2.24) is 10.2 Å². The number of likely N-dealkylation sites (N-methyl/N-ethyl adjacent to an activating group) is 1. The van der Waals surface area contributed by atoms with E-state index in [-0.39, 0.29) is 37.7 Å². The monoisotopic (exact) mass is 569 g/mol. The summed E-state index contributed by atoms with van der Waals surface area (Å²) in [6, 6.07) is 21.6. The van der Waals surface area contributed by atoms with Crippen LogP contribution in [0.1, 0.15) is 35.1 Å². The van der Waals surface area contributed by atoms with E-state index in [1.165, 1.54) is 10.6 Å². The van der Waals surface area contributed by atoms with E-state index in [0.717, 1.165) is 22.3 Å². The number of halogens is 1. The molecular formula is C30H36ClN3O4S. The first-order valence-corrected chi connectivity index (χ1v) is 15.1. The predicted octanol–water partition coefficient (Wildman–Crippen LogP) is 4.89. The van der Waals surface area contributed by atoms with Gasteiger partial charge in [-0.1, -0.05) is 72.3 Å². The van der Waals surface area contributed by atoms with Gasteiger partial charge in [0, 0.05) is 38.0 Å². The fourth-order valence-electron chi connectivity index (χ4n) is 4.50. The summed E-state index contributed by atoms with van der Waals surface area (Å²) in [5.74, 6) is -0.540. The molecular weight excluding hydrogens is 534 g/mol. The second-order valence-electron chi connectivity index (χ2n) is 9.66. The highest BCUT2D eigenvalue weighted by Gasteiger charge is 2.30.